The zero-order valence-electron chi connectivity index (χ0n) is 13.9. The molecular weight excluding hydrogens is 320 g/mol. The molecule has 0 spiro atoms. The van der Waals surface area contributed by atoms with Crippen LogP contribution in [-0.2, 0) is 26.2 Å². The summed E-state index contributed by atoms with van der Waals surface area (Å²) in [5, 5.41) is 2.74. The average Bonchev–Trinajstić information content (AvgIpc) is 2.99. The van der Waals surface area contributed by atoms with Crippen molar-refractivity contribution in [1.82, 2.24) is 10.0 Å². The van der Waals surface area contributed by atoms with Crippen molar-refractivity contribution < 1.29 is 22.4 Å². The fourth-order valence-electron chi connectivity index (χ4n) is 1.96. The molecule has 1 heterocycles. The molecule has 0 aliphatic rings. The maximum absolute atomic E-state index is 12.1. The highest BCUT2D eigenvalue weighted by atomic mass is 32.2. The molecule has 0 fully saturated rings. The molecule has 8 heteroatoms. The van der Waals surface area contributed by atoms with Crippen molar-refractivity contribution in [2.45, 2.75) is 39.3 Å². The second-order valence-corrected chi connectivity index (χ2v) is 7.31. The van der Waals surface area contributed by atoms with Crippen molar-refractivity contribution in [2.24, 2.45) is 5.92 Å². The molecule has 0 aromatic carbocycles. The van der Waals surface area contributed by atoms with Gasteiger partial charge in [-0.3, -0.25) is 4.79 Å². The van der Waals surface area contributed by atoms with Crippen molar-refractivity contribution >= 4 is 15.9 Å². The molecule has 2 N–H and O–H groups in total. The summed E-state index contributed by atoms with van der Waals surface area (Å²) in [7, 11) is -3.43. The van der Waals surface area contributed by atoms with Gasteiger partial charge in [-0.15, -0.1) is 0 Å². The van der Waals surface area contributed by atoms with Gasteiger partial charge in [0.2, 0.25) is 15.9 Å². The largest absolute Gasteiger partial charge is 0.467 e. The smallest absolute Gasteiger partial charge is 0.238 e. The minimum absolute atomic E-state index is 0.0834. The number of amides is 1. The molecule has 0 saturated carbocycles. The molecule has 7 nitrogen and oxygen atoms in total. The first-order valence-electron chi connectivity index (χ1n) is 7.68. The fourth-order valence-corrected chi connectivity index (χ4v) is 2.76. The number of ether oxygens (including phenoxy) is 1. The van der Waals surface area contributed by atoms with Crippen molar-refractivity contribution in [3.05, 3.63) is 24.2 Å². The maximum Gasteiger partial charge on any atom is 0.238 e. The maximum atomic E-state index is 12.1. The molecule has 0 radical (unpaired) electrons. The van der Waals surface area contributed by atoms with Gasteiger partial charge in [-0.2, -0.15) is 0 Å². The third-order valence-electron chi connectivity index (χ3n) is 3.43. The Labute approximate surface area is 137 Å². The number of nitrogens with one attached hydrogen (secondary N) is 2. The van der Waals surface area contributed by atoms with Gasteiger partial charge in [0, 0.05) is 13.2 Å². The van der Waals surface area contributed by atoms with E-state index in [9.17, 15) is 13.2 Å². The fraction of sp³-hybridized carbons (Fsp3) is 0.667. The molecule has 2 atom stereocenters. The molecule has 0 bridgehead atoms. The van der Waals surface area contributed by atoms with Crippen LogP contribution in [0.2, 0.25) is 0 Å². The van der Waals surface area contributed by atoms with Gasteiger partial charge in [-0.25, -0.2) is 13.1 Å². The molecule has 132 valence electrons. The van der Waals surface area contributed by atoms with Crippen LogP contribution in [0.3, 0.4) is 0 Å². The van der Waals surface area contributed by atoms with Gasteiger partial charge in [0.1, 0.15) is 18.4 Å². The van der Waals surface area contributed by atoms with Crippen LogP contribution in [0.15, 0.2) is 22.8 Å². The molecule has 23 heavy (non-hydrogen) atoms. The van der Waals surface area contributed by atoms with Gasteiger partial charge in [-0.1, -0.05) is 20.3 Å². The van der Waals surface area contributed by atoms with Crippen LogP contribution in [0.25, 0.3) is 0 Å². The van der Waals surface area contributed by atoms with E-state index in [0.29, 0.717) is 32.6 Å². The van der Waals surface area contributed by atoms with Gasteiger partial charge >= 0.3 is 0 Å². The number of carbonyl (C=O) groups is 1. The normalized spacial score (nSPS) is 14.4. The number of carbonyl (C=O) groups excluding carboxylic acids is 1. The Kier molecular flexibility index (Phi) is 8.29. The zero-order valence-corrected chi connectivity index (χ0v) is 14.7. The summed E-state index contributed by atoms with van der Waals surface area (Å²) in [6, 6.07) is 2.87. The predicted octanol–water partition coefficient (Wildman–Crippen LogP) is 1.27. The van der Waals surface area contributed by atoms with Crippen LogP contribution in [0.4, 0.5) is 0 Å². The number of furan rings is 1. The minimum Gasteiger partial charge on any atom is -0.467 e. The molecule has 1 rings (SSSR count). The summed E-state index contributed by atoms with van der Waals surface area (Å²) < 4.78 is 35.7. The van der Waals surface area contributed by atoms with E-state index in [-0.39, 0.29) is 11.8 Å². The Morgan fingerprint density at radius 2 is 2.17 bits per heavy atom. The van der Waals surface area contributed by atoms with Gasteiger partial charge in [-0.05, 0) is 24.5 Å². The van der Waals surface area contributed by atoms with E-state index in [1.54, 1.807) is 12.3 Å². The van der Waals surface area contributed by atoms with Crippen LogP contribution in [0.5, 0.6) is 0 Å². The van der Waals surface area contributed by atoms with E-state index in [2.05, 4.69) is 10.0 Å². The lowest BCUT2D eigenvalue weighted by Gasteiger charge is -2.22. The molecule has 1 amide bonds. The highest BCUT2D eigenvalue weighted by Crippen LogP contribution is 2.09. The molecule has 1 aromatic heterocycles. The van der Waals surface area contributed by atoms with Crippen LogP contribution in [0.1, 0.15) is 32.4 Å². The van der Waals surface area contributed by atoms with E-state index in [1.165, 1.54) is 0 Å². The standard InChI is InChI=1S/C15H26N2O5S/c1-4-12(2)14(17-23(3,19)20)15(18)16-8-6-9-21-11-13-7-5-10-22-13/h5,7,10,12,14,17H,4,6,8-9,11H2,1-3H3,(H,16,18)/t12-,14-/m0/s1. The second-order valence-electron chi connectivity index (χ2n) is 5.53. The Hall–Kier alpha value is -1.38. The van der Waals surface area contributed by atoms with Crippen LogP contribution < -0.4 is 10.0 Å². The highest BCUT2D eigenvalue weighted by molar-refractivity contribution is 7.88. The third-order valence-corrected chi connectivity index (χ3v) is 4.11. The summed E-state index contributed by atoms with van der Waals surface area (Å²) in [6.07, 6.45) is 3.98. The van der Waals surface area contributed by atoms with Gasteiger partial charge in [0.05, 0.1) is 12.5 Å². The van der Waals surface area contributed by atoms with Crippen LogP contribution in [0, 0.1) is 5.92 Å². The number of rotatable bonds is 11. The van der Waals surface area contributed by atoms with E-state index in [1.807, 2.05) is 19.9 Å². The predicted molar refractivity (Wildman–Crippen MR) is 87.2 cm³/mol. The van der Waals surface area contributed by atoms with Crippen molar-refractivity contribution in [1.29, 1.82) is 0 Å². The molecule has 1 aromatic rings. The lowest BCUT2D eigenvalue weighted by molar-refractivity contribution is -0.123. The number of hydrogen-bond donors (Lipinski definition) is 2. The van der Waals surface area contributed by atoms with E-state index < -0.39 is 16.1 Å². The molecule has 0 aliphatic heterocycles. The highest BCUT2D eigenvalue weighted by Gasteiger charge is 2.26. The zero-order chi connectivity index (χ0) is 17.3. The lowest BCUT2D eigenvalue weighted by atomic mass is 9.99. The van der Waals surface area contributed by atoms with Crippen molar-refractivity contribution in [3.8, 4) is 0 Å². The summed E-state index contributed by atoms with van der Waals surface area (Å²) in [4.78, 5) is 12.1. The minimum atomic E-state index is -3.43. The topological polar surface area (TPSA) is 97.6 Å². The average molecular weight is 346 g/mol. The summed E-state index contributed by atoms with van der Waals surface area (Å²) in [6.45, 7) is 5.06. The quantitative estimate of drug-likeness (QED) is 0.588. The molecule has 0 aliphatic carbocycles. The first kappa shape index (κ1) is 19.7. The molecule has 0 saturated heterocycles. The Balaban J connectivity index is 2.28. The number of sulfonamides is 1. The first-order chi connectivity index (χ1) is 10.8. The van der Waals surface area contributed by atoms with Gasteiger partial charge < -0.3 is 14.5 Å². The number of hydrogen-bond acceptors (Lipinski definition) is 5. The van der Waals surface area contributed by atoms with Gasteiger partial charge in [0.25, 0.3) is 0 Å². The van der Waals surface area contributed by atoms with E-state index in [0.717, 1.165) is 12.0 Å². The Morgan fingerprint density at radius 3 is 2.74 bits per heavy atom. The molecular formula is C15H26N2O5S. The Morgan fingerprint density at radius 1 is 1.43 bits per heavy atom. The second kappa shape index (κ2) is 9.69. The summed E-state index contributed by atoms with van der Waals surface area (Å²) in [5.74, 6) is 0.360. The Bertz CT molecular complexity index is 556. The monoisotopic (exact) mass is 346 g/mol. The summed E-state index contributed by atoms with van der Waals surface area (Å²) in [5.41, 5.74) is 0. The van der Waals surface area contributed by atoms with Gasteiger partial charge in [0.15, 0.2) is 0 Å². The van der Waals surface area contributed by atoms with Crippen molar-refractivity contribution in [3.63, 3.8) is 0 Å². The first-order valence-corrected chi connectivity index (χ1v) is 9.57. The van der Waals surface area contributed by atoms with Crippen molar-refractivity contribution in [2.75, 3.05) is 19.4 Å². The summed E-state index contributed by atoms with van der Waals surface area (Å²) >= 11 is 0. The van der Waals surface area contributed by atoms with E-state index >= 15 is 0 Å². The SMILES string of the molecule is CC[C@H](C)[C@H](NS(C)(=O)=O)C(=O)NCCCOCc1ccco1. The lowest BCUT2D eigenvalue weighted by Crippen LogP contribution is -2.50. The molecule has 0 unspecified atom stereocenters. The van der Waals surface area contributed by atoms with Crippen LogP contribution >= 0.6 is 0 Å². The van der Waals surface area contributed by atoms with Crippen LogP contribution in [-0.4, -0.2) is 39.8 Å². The third kappa shape index (κ3) is 8.15. The van der Waals surface area contributed by atoms with E-state index in [4.69, 9.17) is 9.15 Å².